The molecule has 2 aromatic heterocycles. The number of hydrogen-bond acceptors (Lipinski definition) is 5. The normalized spacial score (nSPS) is 9.33. The Morgan fingerprint density at radius 3 is 1.46 bits per heavy atom. The molecule has 8 heteroatoms. The number of pyridine rings is 2. The van der Waals surface area contributed by atoms with E-state index in [4.69, 9.17) is 3.67 Å². The van der Waals surface area contributed by atoms with Crippen LogP contribution in [0, 0.1) is 0 Å². The molecule has 0 aliphatic rings. The van der Waals surface area contributed by atoms with E-state index >= 15 is 0 Å². The van der Waals surface area contributed by atoms with Gasteiger partial charge in [0.25, 0.3) is 0 Å². The van der Waals surface area contributed by atoms with E-state index in [-0.39, 0.29) is 0 Å². The number of nitrogens with zero attached hydrogens (tertiary/aromatic N) is 2. The summed E-state index contributed by atoms with van der Waals surface area (Å²) in [6.07, 6.45) is 4.99. The molecule has 2 heterocycles. The van der Waals surface area contributed by atoms with Crippen LogP contribution in [0.25, 0.3) is 0 Å². The molecule has 24 heavy (non-hydrogen) atoms. The molecule has 129 valence electrons. The number of rotatable bonds is 4. The van der Waals surface area contributed by atoms with Gasteiger partial charge in [-0.25, -0.2) is 0 Å². The van der Waals surface area contributed by atoms with Crippen molar-refractivity contribution >= 4 is 0 Å². The van der Waals surface area contributed by atoms with Crippen molar-refractivity contribution in [2.45, 2.75) is 39.8 Å². The standard InChI is InChI=1S/2C8H11NO2.O.V/c2*1-2-5-9-6-3-4-7(10)8(9)11;;/h2*3-4,6,10H,2,5H2,1H3;;/q;;;+2/p-2. The second-order valence-corrected chi connectivity index (χ2v) is 4.74. The Morgan fingerprint density at radius 2 is 1.17 bits per heavy atom. The van der Waals surface area contributed by atoms with Crippen LogP contribution in [-0.2, 0) is 34.1 Å². The summed E-state index contributed by atoms with van der Waals surface area (Å²) < 4.78 is 11.1. The number of aromatic nitrogens is 2. The van der Waals surface area contributed by atoms with Gasteiger partial charge in [-0.3, -0.25) is 9.59 Å². The first-order chi connectivity index (χ1) is 11.5. The zero-order chi connectivity index (χ0) is 18.5. The van der Waals surface area contributed by atoms with Crippen molar-refractivity contribution < 1.29 is 31.3 Å². The van der Waals surface area contributed by atoms with Crippen LogP contribution in [0.2, 0.25) is 0 Å². The summed E-state index contributed by atoms with van der Waals surface area (Å²) in [6.45, 7) is 5.16. The van der Waals surface area contributed by atoms with Crippen molar-refractivity contribution in [3.8, 4) is 11.5 Å². The average Bonchev–Trinajstić information content (AvgIpc) is 2.59. The molecular formula is C16H20N2O5V. The second-order valence-electron chi connectivity index (χ2n) is 4.74. The Hall–Kier alpha value is -2.12. The molecule has 0 aliphatic carbocycles. The van der Waals surface area contributed by atoms with E-state index in [2.05, 4.69) is 0 Å². The van der Waals surface area contributed by atoms with Crippen LogP contribution in [0.5, 0.6) is 11.5 Å². The summed E-state index contributed by atoms with van der Waals surface area (Å²) in [7, 11) is 0. The second kappa shape index (κ2) is 12.3. The summed E-state index contributed by atoms with van der Waals surface area (Å²) in [4.78, 5) is 22.0. The molecule has 0 aromatic carbocycles. The van der Waals surface area contributed by atoms with Gasteiger partial charge in [-0.15, -0.1) is 0 Å². The van der Waals surface area contributed by atoms with Crippen molar-refractivity contribution in [3.05, 3.63) is 57.4 Å². The molecule has 0 saturated carbocycles. The van der Waals surface area contributed by atoms with Gasteiger partial charge in [-0.1, -0.05) is 26.0 Å². The Morgan fingerprint density at radius 1 is 0.833 bits per heavy atom. The predicted molar refractivity (Wildman–Crippen MR) is 81.6 cm³/mol. The SMILES string of the molecule is CCCn1cccc([O-])c1=O.CCCn1cccc([O-])c1=O.[O]=[V+2]. The van der Waals surface area contributed by atoms with Gasteiger partial charge < -0.3 is 19.3 Å². The van der Waals surface area contributed by atoms with Crippen molar-refractivity contribution in [2.75, 3.05) is 0 Å². The molecule has 7 nitrogen and oxygen atoms in total. The maximum atomic E-state index is 11.0. The fourth-order valence-corrected chi connectivity index (χ4v) is 1.86. The van der Waals surface area contributed by atoms with E-state index in [0.717, 1.165) is 30.2 Å². The molecule has 0 N–H and O–H groups in total. The quantitative estimate of drug-likeness (QED) is 0.780. The molecule has 0 bridgehead atoms. The van der Waals surface area contributed by atoms with E-state index < -0.39 is 22.6 Å². The summed E-state index contributed by atoms with van der Waals surface area (Å²) in [5, 5.41) is 21.6. The van der Waals surface area contributed by atoms with Crippen molar-refractivity contribution in [1.29, 1.82) is 0 Å². The van der Waals surface area contributed by atoms with Gasteiger partial charge in [-0.2, -0.15) is 0 Å². The summed E-state index contributed by atoms with van der Waals surface area (Å²) in [5.41, 5.74) is -0.844. The van der Waals surface area contributed by atoms with Gasteiger partial charge in [0.1, 0.15) is 0 Å². The maximum absolute atomic E-state index is 11.0. The van der Waals surface area contributed by atoms with Crippen LogP contribution in [0.3, 0.4) is 0 Å². The zero-order valence-corrected chi connectivity index (χ0v) is 15.1. The Kier molecular flexibility index (Phi) is 11.2. The molecule has 2 aromatic rings. The van der Waals surface area contributed by atoms with E-state index in [1.165, 1.54) is 21.3 Å². The fourth-order valence-electron chi connectivity index (χ4n) is 1.86. The van der Waals surface area contributed by atoms with Crippen LogP contribution < -0.4 is 21.3 Å². The van der Waals surface area contributed by atoms with Crippen LogP contribution in [0.4, 0.5) is 0 Å². The minimum atomic E-state index is -0.430. The number of hydrogen-bond donors (Lipinski definition) is 0. The van der Waals surface area contributed by atoms with E-state index in [0.29, 0.717) is 13.1 Å². The number of aryl methyl sites for hydroxylation is 2. The first-order valence-corrected chi connectivity index (χ1v) is 7.99. The van der Waals surface area contributed by atoms with Crippen LogP contribution in [-0.4, -0.2) is 9.13 Å². The third-order valence-electron chi connectivity index (χ3n) is 2.90. The molecular weight excluding hydrogens is 351 g/mol. The third-order valence-corrected chi connectivity index (χ3v) is 2.90. The van der Waals surface area contributed by atoms with Gasteiger partial charge >= 0.3 is 21.0 Å². The first-order valence-electron chi connectivity index (χ1n) is 7.42. The fraction of sp³-hybridized carbons (Fsp3) is 0.375. The molecule has 0 unspecified atom stereocenters. The van der Waals surface area contributed by atoms with Gasteiger partial charge in [0.15, 0.2) is 0 Å². The van der Waals surface area contributed by atoms with Crippen LogP contribution in [0.15, 0.2) is 46.2 Å². The van der Waals surface area contributed by atoms with Gasteiger partial charge in [0, 0.05) is 25.5 Å². The van der Waals surface area contributed by atoms with E-state index in [1.807, 2.05) is 13.8 Å². The van der Waals surface area contributed by atoms with Crippen molar-refractivity contribution in [2.24, 2.45) is 0 Å². The Bertz CT molecular complexity index is 665. The molecule has 0 radical (unpaired) electrons. The predicted octanol–water partition coefficient (Wildman–Crippen LogP) is 0.542. The Labute approximate surface area is 149 Å². The first kappa shape index (κ1) is 21.9. The topological polar surface area (TPSA) is 107 Å². The summed E-state index contributed by atoms with van der Waals surface area (Å²) in [5.74, 6) is -0.859. The van der Waals surface area contributed by atoms with E-state index in [1.54, 1.807) is 24.5 Å². The van der Waals surface area contributed by atoms with E-state index in [9.17, 15) is 19.8 Å². The van der Waals surface area contributed by atoms with Gasteiger partial charge in [-0.05, 0) is 36.5 Å². The van der Waals surface area contributed by atoms with Crippen molar-refractivity contribution in [3.63, 3.8) is 0 Å². The molecule has 0 aliphatic heterocycles. The van der Waals surface area contributed by atoms with Gasteiger partial charge in [0.2, 0.25) is 11.1 Å². The monoisotopic (exact) mass is 371 g/mol. The van der Waals surface area contributed by atoms with Crippen LogP contribution >= 0.6 is 0 Å². The molecule has 0 saturated heterocycles. The van der Waals surface area contributed by atoms with Crippen LogP contribution in [0.1, 0.15) is 26.7 Å². The average molecular weight is 371 g/mol. The minimum absolute atomic E-state index is 0.422. The summed E-state index contributed by atoms with van der Waals surface area (Å²) in [6, 6.07) is 5.77. The molecule has 0 fully saturated rings. The molecule has 2 rings (SSSR count). The summed E-state index contributed by atoms with van der Waals surface area (Å²) >= 11 is 1.06. The molecule has 0 spiro atoms. The Balaban J connectivity index is 0.000000400. The van der Waals surface area contributed by atoms with Gasteiger partial charge in [0.05, 0.1) is 0 Å². The van der Waals surface area contributed by atoms with Crippen molar-refractivity contribution in [1.82, 2.24) is 9.13 Å². The third kappa shape index (κ3) is 6.98. The molecule has 0 amide bonds. The molecule has 0 atom stereocenters. The zero-order valence-electron chi connectivity index (χ0n) is 13.7.